The molecule has 2 rings (SSSR count). The number of thioether (sulfide) groups is 1. The van der Waals surface area contributed by atoms with E-state index in [1.54, 1.807) is 10.6 Å². The van der Waals surface area contributed by atoms with Crippen LogP contribution >= 0.6 is 11.8 Å². The van der Waals surface area contributed by atoms with Crippen molar-refractivity contribution in [2.75, 3.05) is 7.11 Å². The smallest absolute Gasteiger partial charge is 0.374 e. The first-order valence-electron chi connectivity index (χ1n) is 6.10. The lowest BCUT2D eigenvalue weighted by atomic mass is 10.3. The lowest BCUT2D eigenvalue weighted by Crippen LogP contribution is -2.17. The van der Waals surface area contributed by atoms with Gasteiger partial charge in [-0.3, -0.25) is 4.57 Å². The Hall–Kier alpha value is -1.96. The van der Waals surface area contributed by atoms with Gasteiger partial charge < -0.3 is 9.15 Å². The van der Waals surface area contributed by atoms with E-state index in [1.807, 2.05) is 6.92 Å². The molecule has 0 amide bonds. The minimum absolute atomic E-state index is 0.180. The number of ether oxygens (including phenoxy) is 1. The first kappa shape index (κ1) is 14.4. The number of aromatic amines is 1. The van der Waals surface area contributed by atoms with E-state index in [1.165, 1.54) is 25.1 Å². The number of carbonyl (C=O) groups is 1. The second kappa shape index (κ2) is 6.47. The van der Waals surface area contributed by atoms with E-state index in [0.29, 0.717) is 23.0 Å². The van der Waals surface area contributed by atoms with Crippen molar-refractivity contribution in [3.05, 3.63) is 34.1 Å². The molecule has 2 aromatic rings. The molecule has 0 unspecified atom stereocenters. The van der Waals surface area contributed by atoms with Crippen LogP contribution in [0, 0.1) is 0 Å². The molecule has 0 aromatic carbocycles. The fraction of sp³-hybridized carbons (Fsp3) is 0.417. The summed E-state index contributed by atoms with van der Waals surface area (Å²) in [7, 11) is 1.30. The summed E-state index contributed by atoms with van der Waals surface area (Å²) in [5.74, 6) is 0.132. The van der Waals surface area contributed by atoms with Gasteiger partial charge in [-0.1, -0.05) is 18.7 Å². The first-order chi connectivity index (χ1) is 9.67. The van der Waals surface area contributed by atoms with Crippen LogP contribution in [-0.4, -0.2) is 27.8 Å². The third-order valence-corrected chi connectivity index (χ3v) is 3.67. The highest BCUT2D eigenvalue weighted by Gasteiger charge is 2.17. The Balaban J connectivity index is 2.11. The molecular weight excluding hydrogens is 282 g/mol. The summed E-state index contributed by atoms with van der Waals surface area (Å²) in [6, 6.07) is 1.70. The number of methoxy groups -OCH3 is 1. The number of rotatable bonds is 6. The highest BCUT2D eigenvalue weighted by Crippen LogP contribution is 2.23. The van der Waals surface area contributed by atoms with Crippen LogP contribution in [-0.2, 0) is 17.0 Å². The van der Waals surface area contributed by atoms with Gasteiger partial charge >= 0.3 is 11.7 Å². The highest BCUT2D eigenvalue weighted by molar-refractivity contribution is 7.98. The SMILES string of the molecule is CCCn1c(SCc2ccoc2C(=O)OC)n[nH]c1=O. The van der Waals surface area contributed by atoms with Crippen LogP contribution in [0.2, 0.25) is 0 Å². The fourth-order valence-electron chi connectivity index (χ4n) is 1.70. The minimum atomic E-state index is -0.515. The van der Waals surface area contributed by atoms with Crippen LogP contribution < -0.4 is 5.69 Å². The molecule has 0 bridgehead atoms. The number of hydrogen-bond donors (Lipinski definition) is 1. The molecule has 0 fully saturated rings. The molecule has 20 heavy (non-hydrogen) atoms. The van der Waals surface area contributed by atoms with Crippen LogP contribution in [0.25, 0.3) is 0 Å². The molecule has 0 radical (unpaired) electrons. The van der Waals surface area contributed by atoms with Gasteiger partial charge in [0.1, 0.15) is 0 Å². The molecule has 0 saturated carbocycles. The third-order valence-electron chi connectivity index (χ3n) is 2.64. The van der Waals surface area contributed by atoms with Crippen molar-refractivity contribution in [1.82, 2.24) is 14.8 Å². The molecule has 1 N–H and O–H groups in total. The van der Waals surface area contributed by atoms with Gasteiger partial charge in [-0.15, -0.1) is 5.10 Å². The van der Waals surface area contributed by atoms with Gasteiger partial charge in [0.2, 0.25) is 5.76 Å². The molecule has 0 aliphatic carbocycles. The van der Waals surface area contributed by atoms with Gasteiger partial charge in [-0.05, 0) is 12.5 Å². The van der Waals surface area contributed by atoms with E-state index >= 15 is 0 Å². The lowest BCUT2D eigenvalue weighted by Gasteiger charge is -2.03. The van der Waals surface area contributed by atoms with Gasteiger partial charge in [0, 0.05) is 17.9 Å². The Bertz CT molecular complexity index is 643. The second-order valence-corrected chi connectivity index (χ2v) is 4.96. The molecule has 7 nitrogen and oxygen atoms in total. The molecule has 108 valence electrons. The van der Waals surface area contributed by atoms with Gasteiger partial charge in [0.15, 0.2) is 5.16 Å². The van der Waals surface area contributed by atoms with E-state index in [2.05, 4.69) is 14.9 Å². The van der Waals surface area contributed by atoms with E-state index in [0.717, 1.165) is 6.42 Å². The molecule has 0 spiro atoms. The first-order valence-corrected chi connectivity index (χ1v) is 7.08. The topological polar surface area (TPSA) is 90.1 Å². The summed E-state index contributed by atoms with van der Waals surface area (Å²) < 4.78 is 11.3. The van der Waals surface area contributed by atoms with Gasteiger partial charge in [0.25, 0.3) is 0 Å². The number of nitrogens with one attached hydrogen (secondary N) is 1. The Kier molecular flexibility index (Phi) is 4.67. The van der Waals surface area contributed by atoms with Crippen molar-refractivity contribution in [2.24, 2.45) is 0 Å². The predicted octanol–water partition coefficient (Wildman–Crippen LogP) is 1.65. The summed E-state index contributed by atoms with van der Waals surface area (Å²) in [6.07, 6.45) is 2.28. The molecule has 0 saturated heterocycles. The number of furan rings is 1. The summed E-state index contributed by atoms with van der Waals surface area (Å²) in [5, 5.41) is 6.98. The van der Waals surface area contributed by atoms with Crippen LogP contribution in [0.15, 0.2) is 26.7 Å². The largest absolute Gasteiger partial charge is 0.463 e. The average molecular weight is 297 g/mol. The summed E-state index contributed by atoms with van der Waals surface area (Å²) >= 11 is 1.36. The predicted molar refractivity (Wildman–Crippen MR) is 72.7 cm³/mol. The number of H-pyrrole nitrogens is 1. The van der Waals surface area contributed by atoms with Crippen molar-refractivity contribution >= 4 is 17.7 Å². The number of carbonyl (C=O) groups excluding carboxylic acids is 1. The van der Waals surface area contributed by atoms with Crippen LogP contribution in [0.5, 0.6) is 0 Å². The Labute approximate surface area is 119 Å². The normalized spacial score (nSPS) is 10.7. The molecule has 0 aliphatic rings. The molecule has 8 heteroatoms. The summed E-state index contributed by atoms with van der Waals surface area (Å²) in [4.78, 5) is 23.0. The third kappa shape index (κ3) is 2.96. The van der Waals surface area contributed by atoms with Crippen LogP contribution in [0.1, 0.15) is 29.5 Å². The van der Waals surface area contributed by atoms with Crippen molar-refractivity contribution < 1.29 is 13.9 Å². The molecule has 2 aromatic heterocycles. The number of esters is 1. The van der Waals surface area contributed by atoms with E-state index in [9.17, 15) is 9.59 Å². The zero-order valence-electron chi connectivity index (χ0n) is 11.2. The maximum Gasteiger partial charge on any atom is 0.374 e. The fourth-order valence-corrected chi connectivity index (χ4v) is 2.65. The lowest BCUT2D eigenvalue weighted by molar-refractivity contribution is 0.0564. The monoisotopic (exact) mass is 297 g/mol. The minimum Gasteiger partial charge on any atom is -0.463 e. The quantitative estimate of drug-likeness (QED) is 0.644. The van der Waals surface area contributed by atoms with Gasteiger partial charge in [0.05, 0.1) is 13.4 Å². The van der Waals surface area contributed by atoms with Crippen molar-refractivity contribution in [2.45, 2.75) is 30.8 Å². The summed E-state index contributed by atoms with van der Waals surface area (Å²) in [6.45, 7) is 2.59. The Morgan fingerprint density at radius 3 is 3.10 bits per heavy atom. The standard InChI is InChI=1S/C12H15N3O4S/c1-3-5-15-11(17)13-14-12(15)20-7-8-4-6-19-9(8)10(16)18-2/h4,6H,3,5,7H2,1-2H3,(H,13,17). The number of aromatic nitrogens is 3. The number of nitrogens with zero attached hydrogens (tertiary/aromatic N) is 2. The summed E-state index contributed by atoms with van der Waals surface area (Å²) in [5.41, 5.74) is 0.482. The molecule has 0 atom stereocenters. The zero-order chi connectivity index (χ0) is 14.5. The van der Waals surface area contributed by atoms with Crippen LogP contribution in [0.4, 0.5) is 0 Å². The maximum atomic E-state index is 11.6. The average Bonchev–Trinajstić information content (AvgIpc) is 3.04. The highest BCUT2D eigenvalue weighted by atomic mass is 32.2. The number of hydrogen-bond acceptors (Lipinski definition) is 6. The van der Waals surface area contributed by atoms with Crippen molar-refractivity contribution in [1.29, 1.82) is 0 Å². The maximum absolute atomic E-state index is 11.6. The van der Waals surface area contributed by atoms with Crippen molar-refractivity contribution in [3.8, 4) is 0 Å². The molecule has 0 aliphatic heterocycles. The van der Waals surface area contributed by atoms with E-state index < -0.39 is 5.97 Å². The second-order valence-electron chi connectivity index (χ2n) is 4.02. The Morgan fingerprint density at radius 1 is 1.60 bits per heavy atom. The van der Waals surface area contributed by atoms with Gasteiger partial charge in [-0.25, -0.2) is 14.7 Å². The molecule has 2 heterocycles. The van der Waals surface area contributed by atoms with Gasteiger partial charge in [-0.2, -0.15) is 0 Å². The molecular formula is C12H15N3O4S. The van der Waals surface area contributed by atoms with E-state index in [-0.39, 0.29) is 11.4 Å². The van der Waals surface area contributed by atoms with Crippen LogP contribution in [0.3, 0.4) is 0 Å². The van der Waals surface area contributed by atoms with E-state index in [4.69, 9.17) is 4.42 Å². The zero-order valence-corrected chi connectivity index (χ0v) is 12.0. The Morgan fingerprint density at radius 2 is 2.40 bits per heavy atom. The van der Waals surface area contributed by atoms with Crippen molar-refractivity contribution in [3.63, 3.8) is 0 Å².